The lowest BCUT2D eigenvalue weighted by molar-refractivity contribution is -0.148. The van der Waals surface area contributed by atoms with Crippen LogP contribution in [-0.4, -0.2) is 16.5 Å². The molecule has 0 bridgehead atoms. The molecule has 1 spiro atoms. The monoisotopic (exact) mass is 280 g/mol. The Morgan fingerprint density at radius 1 is 1.50 bits per heavy atom. The summed E-state index contributed by atoms with van der Waals surface area (Å²) in [4.78, 5) is 11.5. The fourth-order valence-electron chi connectivity index (χ4n) is 2.38. The van der Waals surface area contributed by atoms with Crippen molar-refractivity contribution in [1.29, 1.82) is 0 Å². The first-order valence-electron chi connectivity index (χ1n) is 4.54. The van der Waals surface area contributed by atoms with Crippen molar-refractivity contribution in [2.45, 2.75) is 38.2 Å². The van der Waals surface area contributed by atoms with Crippen molar-refractivity contribution in [1.82, 2.24) is 0 Å². The van der Waals surface area contributed by atoms with Crippen LogP contribution < -0.4 is 0 Å². The molecule has 0 aromatic heterocycles. The second-order valence-electron chi connectivity index (χ2n) is 3.87. The summed E-state index contributed by atoms with van der Waals surface area (Å²) >= 11 is 2.29. The van der Waals surface area contributed by atoms with Gasteiger partial charge in [0.15, 0.2) is 0 Å². The third-order valence-electron chi connectivity index (χ3n) is 3.06. The van der Waals surface area contributed by atoms with E-state index in [1.807, 2.05) is 0 Å². The van der Waals surface area contributed by atoms with Crippen LogP contribution in [0.4, 0.5) is 0 Å². The Bertz CT molecular complexity index is 197. The number of hydrogen-bond acceptors (Lipinski definition) is 2. The lowest BCUT2D eigenvalue weighted by Crippen LogP contribution is -2.21. The molecule has 1 aliphatic heterocycles. The molecule has 3 heteroatoms. The van der Waals surface area contributed by atoms with Gasteiger partial charge in [0.25, 0.3) is 0 Å². The van der Waals surface area contributed by atoms with Crippen LogP contribution in [0.3, 0.4) is 0 Å². The van der Waals surface area contributed by atoms with Crippen molar-refractivity contribution in [3.05, 3.63) is 0 Å². The Hall–Kier alpha value is 0.200. The minimum atomic E-state index is -0.0458. The molecule has 1 unspecified atom stereocenters. The van der Waals surface area contributed by atoms with Crippen molar-refractivity contribution in [2.75, 3.05) is 4.43 Å². The van der Waals surface area contributed by atoms with Gasteiger partial charge >= 0.3 is 5.97 Å². The highest BCUT2D eigenvalue weighted by atomic mass is 127. The third-order valence-corrected chi connectivity index (χ3v) is 4.04. The summed E-state index contributed by atoms with van der Waals surface area (Å²) in [5.74, 6) is 0.0849. The van der Waals surface area contributed by atoms with Gasteiger partial charge in [-0.1, -0.05) is 35.4 Å². The molecular weight excluding hydrogens is 267 g/mol. The Morgan fingerprint density at radius 2 is 2.17 bits per heavy atom. The van der Waals surface area contributed by atoms with E-state index in [9.17, 15) is 4.79 Å². The maximum atomic E-state index is 11.5. The average molecular weight is 280 g/mol. The lowest BCUT2D eigenvalue weighted by atomic mass is 9.83. The van der Waals surface area contributed by atoms with E-state index < -0.39 is 0 Å². The number of cyclic esters (lactones) is 1. The van der Waals surface area contributed by atoms with Gasteiger partial charge in [-0.25, -0.2) is 0 Å². The molecular formula is C9H13IO2. The highest BCUT2D eigenvalue weighted by Crippen LogP contribution is 2.47. The summed E-state index contributed by atoms with van der Waals surface area (Å²) in [7, 11) is 0. The van der Waals surface area contributed by atoms with E-state index in [-0.39, 0.29) is 17.5 Å². The van der Waals surface area contributed by atoms with Crippen molar-refractivity contribution in [2.24, 2.45) is 5.41 Å². The molecule has 0 aromatic carbocycles. The fourth-order valence-corrected chi connectivity index (χ4v) is 2.87. The molecule has 1 saturated carbocycles. The minimum Gasteiger partial charge on any atom is -0.461 e. The summed E-state index contributed by atoms with van der Waals surface area (Å²) in [5.41, 5.74) is -0.0458. The zero-order valence-electron chi connectivity index (χ0n) is 7.01. The summed E-state index contributed by atoms with van der Waals surface area (Å²) < 4.78 is 6.25. The van der Waals surface area contributed by atoms with E-state index in [2.05, 4.69) is 22.6 Å². The Labute approximate surface area is 86.2 Å². The maximum absolute atomic E-state index is 11.5. The number of halogens is 1. The first kappa shape index (κ1) is 8.78. The van der Waals surface area contributed by atoms with Gasteiger partial charge in [-0.05, 0) is 12.8 Å². The number of hydrogen-bond donors (Lipinski definition) is 0. The van der Waals surface area contributed by atoms with Gasteiger partial charge in [0.2, 0.25) is 0 Å². The number of carbonyl (C=O) groups excluding carboxylic acids is 1. The second-order valence-corrected chi connectivity index (χ2v) is 4.75. The standard InChI is InChI=1S/C9H13IO2/c10-6-7-5-9(8(11)12-7)3-1-2-4-9/h7H,1-6H2. The lowest BCUT2D eigenvalue weighted by Gasteiger charge is -2.15. The van der Waals surface area contributed by atoms with Crippen LogP contribution in [0.25, 0.3) is 0 Å². The molecule has 0 radical (unpaired) electrons. The third kappa shape index (κ3) is 1.26. The van der Waals surface area contributed by atoms with Crippen molar-refractivity contribution >= 4 is 28.6 Å². The average Bonchev–Trinajstić information content (AvgIpc) is 2.63. The number of ether oxygens (including phenoxy) is 1. The second kappa shape index (κ2) is 3.16. The summed E-state index contributed by atoms with van der Waals surface area (Å²) in [6.07, 6.45) is 5.75. The van der Waals surface area contributed by atoms with E-state index in [1.165, 1.54) is 12.8 Å². The zero-order valence-corrected chi connectivity index (χ0v) is 9.17. The fraction of sp³-hybridized carbons (Fsp3) is 0.889. The Kier molecular flexibility index (Phi) is 2.31. The van der Waals surface area contributed by atoms with Crippen LogP contribution in [0.15, 0.2) is 0 Å². The van der Waals surface area contributed by atoms with Gasteiger partial charge in [-0.15, -0.1) is 0 Å². The van der Waals surface area contributed by atoms with Crippen molar-refractivity contribution < 1.29 is 9.53 Å². The molecule has 1 saturated heterocycles. The van der Waals surface area contributed by atoms with Gasteiger partial charge in [0.05, 0.1) is 5.41 Å². The van der Waals surface area contributed by atoms with E-state index in [0.717, 1.165) is 23.7 Å². The molecule has 0 N–H and O–H groups in total. The number of esters is 1. The molecule has 2 aliphatic rings. The molecule has 1 aliphatic carbocycles. The molecule has 0 amide bonds. The van der Waals surface area contributed by atoms with Gasteiger partial charge in [-0.2, -0.15) is 0 Å². The van der Waals surface area contributed by atoms with E-state index in [0.29, 0.717) is 0 Å². The molecule has 68 valence electrons. The summed E-state index contributed by atoms with van der Waals surface area (Å²) in [6.45, 7) is 0. The maximum Gasteiger partial charge on any atom is 0.312 e. The smallest absolute Gasteiger partial charge is 0.312 e. The first-order valence-corrected chi connectivity index (χ1v) is 6.06. The summed E-state index contributed by atoms with van der Waals surface area (Å²) in [5, 5.41) is 0. The van der Waals surface area contributed by atoms with Gasteiger partial charge < -0.3 is 4.74 Å². The van der Waals surface area contributed by atoms with Crippen LogP contribution in [0.5, 0.6) is 0 Å². The molecule has 0 aromatic rings. The van der Waals surface area contributed by atoms with Gasteiger partial charge in [0, 0.05) is 10.8 Å². The normalized spacial score (nSPS) is 32.8. The molecule has 2 nitrogen and oxygen atoms in total. The Morgan fingerprint density at radius 3 is 2.67 bits per heavy atom. The van der Waals surface area contributed by atoms with Crippen molar-refractivity contribution in [3.8, 4) is 0 Å². The van der Waals surface area contributed by atoms with E-state index in [4.69, 9.17) is 4.74 Å². The molecule has 1 heterocycles. The van der Waals surface area contributed by atoms with Gasteiger partial charge in [0.1, 0.15) is 6.10 Å². The topological polar surface area (TPSA) is 26.3 Å². The van der Waals surface area contributed by atoms with Crippen LogP contribution in [-0.2, 0) is 9.53 Å². The van der Waals surface area contributed by atoms with Crippen LogP contribution >= 0.6 is 22.6 Å². The van der Waals surface area contributed by atoms with E-state index in [1.54, 1.807) is 0 Å². The minimum absolute atomic E-state index is 0.0458. The largest absolute Gasteiger partial charge is 0.461 e. The first-order chi connectivity index (χ1) is 5.77. The number of rotatable bonds is 1. The number of alkyl halides is 1. The molecule has 2 rings (SSSR count). The predicted octanol–water partition coefficient (Wildman–Crippen LogP) is 2.30. The van der Waals surface area contributed by atoms with Crippen molar-refractivity contribution in [3.63, 3.8) is 0 Å². The Balaban J connectivity index is 2.11. The molecule has 2 fully saturated rings. The van der Waals surface area contributed by atoms with Gasteiger partial charge in [-0.3, -0.25) is 4.79 Å². The number of carbonyl (C=O) groups is 1. The van der Waals surface area contributed by atoms with Crippen LogP contribution in [0.1, 0.15) is 32.1 Å². The molecule has 1 atom stereocenters. The zero-order chi connectivity index (χ0) is 8.60. The highest BCUT2D eigenvalue weighted by molar-refractivity contribution is 14.1. The van der Waals surface area contributed by atoms with Crippen LogP contribution in [0.2, 0.25) is 0 Å². The van der Waals surface area contributed by atoms with Crippen LogP contribution in [0, 0.1) is 5.41 Å². The SMILES string of the molecule is O=C1OC(CI)CC12CCCC2. The predicted molar refractivity (Wildman–Crippen MR) is 54.3 cm³/mol. The summed E-state index contributed by atoms with van der Waals surface area (Å²) in [6, 6.07) is 0. The quantitative estimate of drug-likeness (QED) is 0.418. The molecule has 12 heavy (non-hydrogen) atoms. The van der Waals surface area contributed by atoms with E-state index >= 15 is 0 Å². The highest BCUT2D eigenvalue weighted by Gasteiger charge is 2.49.